The molecule has 1 aromatic rings. The van der Waals surface area contributed by atoms with Crippen LogP contribution in [0.4, 0.5) is 0 Å². The summed E-state index contributed by atoms with van der Waals surface area (Å²) in [5.41, 5.74) is 2.13. The molecular weight excluding hydrogens is 257 g/mol. The van der Waals surface area contributed by atoms with Crippen molar-refractivity contribution in [2.45, 2.75) is 39.1 Å². The summed E-state index contributed by atoms with van der Waals surface area (Å²) in [5, 5.41) is 0. The molecule has 0 aliphatic rings. The van der Waals surface area contributed by atoms with Gasteiger partial charge in [-0.25, -0.2) is 4.98 Å². The Hall–Kier alpha value is -0.350. The second kappa shape index (κ2) is 6.55. The molecule has 0 saturated carbocycles. The van der Waals surface area contributed by atoms with Gasteiger partial charge >= 0.3 is 0 Å². The molecule has 0 aromatic carbocycles. The van der Waals surface area contributed by atoms with E-state index in [1.807, 2.05) is 13.8 Å². The summed E-state index contributed by atoms with van der Waals surface area (Å²) < 4.78 is 22.5. The Labute approximate surface area is 108 Å². The highest BCUT2D eigenvalue weighted by Crippen LogP contribution is 2.41. The van der Waals surface area contributed by atoms with Gasteiger partial charge in [0.25, 0.3) is 5.53 Å². The van der Waals surface area contributed by atoms with Gasteiger partial charge in [-0.05, 0) is 19.8 Å². The van der Waals surface area contributed by atoms with E-state index in [4.69, 9.17) is 9.47 Å². The SMILES string of the molecule is CCOC(OCC)(P=O)c1n[c]sc1C(C)C. The molecule has 1 aromatic heterocycles. The maximum absolute atomic E-state index is 11.5. The van der Waals surface area contributed by atoms with Crippen molar-refractivity contribution in [1.82, 2.24) is 4.98 Å². The molecule has 1 radical (unpaired) electrons. The highest BCUT2D eigenvalue weighted by atomic mass is 32.1. The Morgan fingerprint density at radius 2 is 2.00 bits per heavy atom. The fourth-order valence-corrected chi connectivity index (χ4v) is 2.95. The van der Waals surface area contributed by atoms with E-state index in [2.05, 4.69) is 24.3 Å². The van der Waals surface area contributed by atoms with E-state index < -0.39 is 5.53 Å². The first-order valence-corrected chi connectivity index (χ1v) is 7.23. The first kappa shape index (κ1) is 14.7. The van der Waals surface area contributed by atoms with Crippen molar-refractivity contribution in [2.75, 3.05) is 13.2 Å². The second-order valence-corrected chi connectivity index (χ2v) is 5.31. The molecule has 0 aliphatic carbocycles. The third-order valence-corrected chi connectivity index (χ3v) is 3.95. The van der Waals surface area contributed by atoms with Crippen LogP contribution in [0, 0.1) is 5.51 Å². The summed E-state index contributed by atoms with van der Waals surface area (Å²) in [5.74, 6) is 0.274. The van der Waals surface area contributed by atoms with Crippen LogP contribution in [-0.4, -0.2) is 18.2 Å². The fraction of sp³-hybridized carbons (Fsp3) is 0.727. The molecule has 0 atom stereocenters. The molecule has 0 spiro atoms. The van der Waals surface area contributed by atoms with Crippen molar-refractivity contribution in [3.8, 4) is 0 Å². The second-order valence-electron chi connectivity index (χ2n) is 3.71. The van der Waals surface area contributed by atoms with Gasteiger partial charge in [0.15, 0.2) is 5.51 Å². The molecule has 95 valence electrons. The molecule has 0 aliphatic heterocycles. The maximum atomic E-state index is 11.5. The third kappa shape index (κ3) is 3.10. The van der Waals surface area contributed by atoms with E-state index in [0.29, 0.717) is 18.9 Å². The van der Waals surface area contributed by atoms with Crippen LogP contribution < -0.4 is 0 Å². The number of aromatic nitrogens is 1. The zero-order valence-electron chi connectivity index (χ0n) is 10.5. The van der Waals surface area contributed by atoms with Gasteiger partial charge in [-0.15, -0.1) is 11.3 Å². The van der Waals surface area contributed by atoms with Crippen molar-refractivity contribution in [1.29, 1.82) is 0 Å². The first-order valence-electron chi connectivity index (χ1n) is 5.60. The molecule has 0 amide bonds. The monoisotopic (exact) mass is 274 g/mol. The number of nitrogens with zero attached hydrogens (tertiary/aromatic N) is 1. The Kier molecular flexibility index (Phi) is 5.67. The van der Waals surface area contributed by atoms with E-state index in [0.717, 1.165) is 4.88 Å². The van der Waals surface area contributed by atoms with E-state index in [1.165, 1.54) is 11.3 Å². The molecular formula is C11H17NO3PS. The Morgan fingerprint density at radius 3 is 2.41 bits per heavy atom. The average Bonchev–Trinajstić information content (AvgIpc) is 2.78. The predicted octanol–water partition coefficient (Wildman–Crippen LogP) is 3.54. The largest absolute Gasteiger partial charge is 0.336 e. The van der Waals surface area contributed by atoms with Crippen molar-refractivity contribution < 1.29 is 14.0 Å². The summed E-state index contributed by atoms with van der Waals surface area (Å²) in [4.78, 5) is 5.15. The molecule has 6 heteroatoms. The molecule has 17 heavy (non-hydrogen) atoms. The minimum atomic E-state index is -1.28. The van der Waals surface area contributed by atoms with Crippen LogP contribution in [0.15, 0.2) is 0 Å². The number of ether oxygens (including phenoxy) is 2. The minimum Gasteiger partial charge on any atom is -0.336 e. The van der Waals surface area contributed by atoms with Gasteiger partial charge in [-0.1, -0.05) is 13.8 Å². The first-order chi connectivity index (χ1) is 8.11. The number of rotatable bonds is 7. The predicted molar refractivity (Wildman–Crippen MR) is 67.6 cm³/mol. The van der Waals surface area contributed by atoms with Gasteiger partial charge in [0.05, 0.1) is 0 Å². The van der Waals surface area contributed by atoms with Gasteiger partial charge in [0, 0.05) is 18.1 Å². The Morgan fingerprint density at radius 1 is 1.41 bits per heavy atom. The van der Waals surface area contributed by atoms with Crippen LogP contribution in [0.5, 0.6) is 0 Å². The van der Waals surface area contributed by atoms with Gasteiger partial charge in [0.2, 0.25) is 8.46 Å². The highest BCUT2D eigenvalue weighted by molar-refractivity contribution is 7.25. The Balaban J connectivity index is 3.19. The maximum Gasteiger partial charge on any atom is 0.297 e. The number of hydrogen-bond donors (Lipinski definition) is 0. The molecule has 0 N–H and O–H groups in total. The van der Waals surface area contributed by atoms with Crippen LogP contribution in [0.1, 0.15) is 44.2 Å². The molecule has 1 rings (SSSR count). The smallest absolute Gasteiger partial charge is 0.297 e. The molecule has 0 saturated heterocycles. The standard InChI is InChI=1S/C11H17NO3PS/c1-5-14-11(16-13,15-6-2)10-9(8(3)4)17-7-12-10/h8H,5-6H2,1-4H3. The van der Waals surface area contributed by atoms with Crippen molar-refractivity contribution in [2.24, 2.45) is 0 Å². The van der Waals surface area contributed by atoms with Crippen molar-refractivity contribution in [3.63, 3.8) is 0 Å². The van der Waals surface area contributed by atoms with Crippen LogP contribution in [0.3, 0.4) is 0 Å². The van der Waals surface area contributed by atoms with Gasteiger partial charge in [0.1, 0.15) is 5.69 Å². The zero-order valence-corrected chi connectivity index (χ0v) is 12.2. The van der Waals surface area contributed by atoms with E-state index in [-0.39, 0.29) is 14.4 Å². The number of thiazole rings is 1. The minimum absolute atomic E-state index is 0.234. The van der Waals surface area contributed by atoms with Crippen molar-refractivity contribution in [3.05, 3.63) is 16.1 Å². The lowest BCUT2D eigenvalue weighted by atomic mass is 10.1. The van der Waals surface area contributed by atoms with Gasteiger partial charge < -0.3 is 9.47 Å². The highest BCUT2D eigenvalue weighted by Gasteiger charge is 2.40. The van der Waals surface area contributed by atoms with Crippen molar-refractivity contribution >= 4 is 19.8 Å². The molecule has 0 unspecified atom stereocenters. The van der Waals surface area contributed by atoms with Crippen LogP contribution >= 0.6 is 19.8 Å². The van der Waals surface area contributed by atoms with Crippen LogP contribution in [-0.2, 0) is 19.6 Å². The zero-order chi connectivity index (χ0) is 12.9. The lowest BCUT2D eigenvalue weighted by Gasteiger charge is -2.26. The third-order valence-electron chi connectivity index (χ3n) is 2.17. The van der Waals surface area contributed by atoms with Gasteiger partial charge in [-0.2, -0.15) is 0 Å². The summed E-state index contributed by atoms with van der Waals surface area (Å²) in [6.07, 6.45) is 0. The summed E-state index contributed by atoms with van der Waals surface area (Å²) in [7, 11) is -0.234. The van der Waals surface area contributed by atoms with Gasteiger partial charge in [-0.3, -0.25) is 4.57 Å². The normalized spacial score (nSPS) is 12.5. The van der Waals surface area contributed by atoms with Crippen LogP contribution in [0.25, 0.3) is 0 Å². The lowest BCUT2D eigenvalue weighted by molar-refractivity contribution is -0.179. The quantitative estimate of drug-likeness (QED) is 0.563. The average molecular weight is 274 g/mol. The summed E-state index contributed by atoms with van der Waals surface area (Å²) in [6, 6.07) is 0. The number of hydrogen-bond acceptors (Lipinski definition) is 5. The summed E-state index contributed by atoms with van der Waals surface area (Å²) >= 11 is 1.41. The molecule has 0 fully saturated rings. The molecule has 4 nitrogen and oxygen atoms in total. The lowest BCUT2D eigenvalue weighted by Crippen LogP contribution is -2.29. The Bertz CT molecular complexity index is 361. The van der Waals surface area contributed by atoms with E-state index >= 15 is 0 Å². The fourth-order valence-electron chi connectivity index (χ4n) is 1.50. The topological polar surface area (TPSA) is 48.4 Å². The molecule has 0 bridgehead atoms. The summed E-state index contributed by atoms with van der Waals surface area (Å²) in [6.45, 7) is 8.59. The van der Waals surface area contributed by atoms with Crippen LogP contribution in [0.2, 0.25) is 0 Å². The van der Waals surface area contributed by atoms with E-state index in [1.54, 1.807) is 0 Å². The van der Waals surface area contributed by atoms with E-state index in [9.17, 15) is 4.57 Å². The molecule has 1 heterocycles.